The smallest absolute Gasteiger partial charge is 0.276 e. The van der Waals surface area contributed by atoms with Gasteiger partial charge in [0.05, 0.1) is 18.4 Å². The van der Waals surface area contributed by atoms with Crippen LogP contribution in [0.25, 0.3) is 5.69 Å². The lowest BCUT2D eigenvalue weighted by Gasteiger charge is -2.10. The summed E-state index contributed by atoms with van der Waals surface area (Å²) in [6.07, 6.45) is 4.62. The second kappa shape index (κ2) is 6.15. The largest absolute Gasteiger partial charge is 0.504 e. The number of halogens is 1. The van der Waals surface area contributed by atoms with Gasteiger partial charge < -0.3 is 10.4 Å². The Morgan fingerprint density at radius 2 is 2.08 bits per heavy atom. The van der Waals surface area contributed by atoms with Gasteiger partial charge in [0.15, 0.2) is 11.4 Å². The molecule has 0 fully saturated rings. The van der Waals surface area contributed by atoms with E-state index in [-0.39, 0.29) is 23.2 Å². The molecule has 0 aliphatic heterocycles. The number of amides is 1. The highest BCUT2D eigenvalue weighted by atomic mass is 19.1. The normalized spacial score (nSPS) is 12.1. The van der Waals surface area contributed by atoms with Crippen molar-refractivity contribution in [1.82, 2.24) is 24.9 Å². The van der Waals surface area contributed by atoms with E-state index in [9.17, 15) is 14.3 Å². The van der Waals surface area contributed by atoms with E-state index in [4.69, 9.17) is 0 Å². The van der Waals surface area contributed by atoms with Gasteiger partial charge in [-0.2, -0.15) is 10.2 Å². The molecule has 0 radical (unpaired) electrons. The first-order valence-corrected chi connectivity index (χ1v) is 7.28. The number of benzene rings is 1. The number of hydrogen-bond acceptors (Lipinski definition) is 4. The van der Waals surface area contributed by atoms with E-state index in [1.54, 1.807) is 43.2 Å². The van der Waals surface area contributed by atoms with Crippen LogP contribution in [0, 0.1) is 5.82 Å². The molecule has 7 nitrogen and oxygen atoms in total. The molecule has 124 valence electrons. The first-order valence-electron chi connectivity index (χ1n) is 7.28. The van der Waals surface area contributed by atoms with Crippen molar-refractivity contribution in [2.24, 2.45) is 7.05 Å². The number of hydrogen-bond donors (Lipinski definition) is 2. The number of nitrogens with zero attached hydrogens (tertiary/aromatic N) is 4. The SMILES string of the molecule is C[C@@H](NC(=O)c1nn(-c2ccccc2F)cc1O)c1cnn(C)c1. The van der Waals surface area contributed by atoms with Crippen molar-refractivity contribution in [3.63, 3.8) is 0 Å². The van der Waals surface area contributed by atoms with Crippen LogP contribution in [0.2, 0.25) is 0 Å². The van der Waals surface area contributed by atoms with Gasteiger partial charge in [0.25, 0.3) is 5.91 Å². The third kappa shape index (κ3) is 2.98. The molecule has 0 bridgehead atoms. The van der Waals surface area contributed by atoms with Crippen LogP contribution in [0.5, 0.6) is 5.75 Å². The van der Waals surface area contributed by atoms with Gasteiger partial charge in [-0.1, -0.05) is 12.1 Å². The Kier molecular flexibility index (Phi) is 4.03. The van der Waals surface area contributed by atoms with Crippen LogP contribution in [0.15, 0.2) is 42.9 Å². The predicted molar refractivity (Wildman–Crippen MR) is 84.3 cm³/mol. The van der Waals surface area contributed by atoms with Gasteiger partial charge >= 0.3 is 0 Å². The Morgan fingerprint density at radius 1 is 1.33 bits per heavy atom. The number of aromatic hydroxyl groups is 1. The minimum absolute atomic E-state index is 0.146. The van der Waals surface area contributed by atoms with Crippen LogP contribution in [0.1, 0.15) is 29.0 Å². The Bertz CT molecular complexity index is 886. The first-order chi connectivity index (χ1) is 11.5. The monoisotopic (exact) mass is 329 g/mol. The van der Waals surface area contributed by atoms with Crippen LogP contribution >= 0.6 is 0 Å². The quantitative estimate of drug-likeness (QED) is 0.766. The van der Waals surface area contributed by atoms with Crippen LogP contribution in [-0.4, -0.2) is 30.6 Å². The summed E-state index contributed by atoms with van der Waals surface area (Å²) in [5, 5.41) is 20.7. The molecule has 0 spiro atoms. The lowest BCUT2D eigenvalue weighted by molar-refractivity contribution is 0.0931. The topological polar surface area (TPSA) is 85.0 Å². The molecule has 8 heteroatoms. The summed E-state index contributed by atoms with van der Waals surface area (Å²) in [5.41, 5.74) is 0.792. The van der Waals surface area contributed by atoms with Crippen molar-refractivity contribution in [3.8, 4) is 11.4 Å². The fourth-order valence-electron chi connectivity index (χ4n) is 2.30. The summed E-state index contributed by atoms with van der Waals surface area (Å²) < 4.78 is 16.6. The molecule has 3 aromatic rings. The average molecular weight is 329 g/mol. The number of aromatic nitrogens is 4. The van der Waals surface area contributed by atoms with Crippen molar-refractivity contribution < 1.29 is 14.3 Å². The number of carbonyl (C=O) groups excluding carboxylic acids is 1. The molecule has 0 unspecified atom stereocenters. The standard InChI is InChI=1S/C16H16FN5O2/c1-10(11-7-18-21(2)8-11)19-16(24)15-14(23)9-22(20-15)13-6-4-3-5-12(13)17/h3-10,23H,1-2H3,(H,19,24)/t10-/m1/s1. The summed E-state index contributed by atoms with van der Waals surface area (Å²) >= 11 is 0. The van der Waals surface area contributed by atoms with Gasteiger partial charge in [-0.15, -0.1) is 0 Å². The molecule has 2 aromatic heterocycles. The molecule has 0 saturated carbocycles. The van der Waals surface area contributed by atoms with Crippen molar-refractivity contribution in [3.05, 3.63) is 59.9 Å². The molecule has 24 heavy (non-hydrogen) atoms. The Hall–Kier alpha value is -3.16. The third-order valence-corrected chi connectivity index (χ3v) is 3.58. The Labute approximate surface area is 137 Å². The highest BCUT2D eigenvalue weighted by molar-refractivity contribution is 5.95. The summed E-state index contributed by atoms with van der Waals surface area (Å²) in [6.45, 7) is 1.79. The van der Waals surface area contributed by atoms with E-state index in [0.29, 0.717) is 0 Å². The van der Waals surface area contributed by atoms with Gasteiger partial charge in [-0.05, 0) is 19.1 Å². The van der Waals surface area contributed by atoms with Crippen molar-refractivity contribution in [2.75, 3.05) is 0 Å². The van der Waals surface area contributed by atoms with E-state index in [0.717, 1.165) is 10.2 Å². The zero-order valence-corrected chi connectivity index (χ0v) is 13.1. The van der Waals surface area contributed by atoms with Gasteiger partial charge in [0.1, 0.15) is 11.5 Å². The van der Waals surface area contributed by atoms with Crippen molar-refractivity contribution >= 4 is 5.91 Å². The maximum absolute atomic E-state index is 13.8. The summed E-state index contributed by atoms with van der Waals surface area (Å²) in [6, 6.07) is 5.65. The molecule has 0 aliphatic rings. The highest BCUT2D eigenvalue weighted by Gasteiger charge is 2.20. The maximum Gasteiger partial charge on any atom is 0.276 e. The van der Waals surface area contributed by atoms with E-state index in [2.05, 4.69) is 15.5 Å². The lowest BCUT2D eigenvalue weighted by Crippen LogP contribution is -2.27. The van der Waals surface area contributed by atoms with Crippen LogP contribution in [0.3, 0.4) is 0 Å². The molecule has 1 atom stereocenters. The Balaban J connectivity index is 1.82. The number of carbonyl (C=O) groups is 1. The molecule has 3 rings (SSSR count). The van der Waals surface area contributed by atoms with Gasteiger partial charge in [-0.25, -0.2) is 9.07 Å². The number of aryl methyl sites for hydroxylation is 1. The minimum Gasteiger partial charge on any atom is -0.504 e. The summed E-state index contributed by atoms with van der Waals surface area (Å²) in [5.74, 6) is -1.39. The number of rotatable bonds is 4. The van der Waals surface area contributed by atoms with E-state index in [1.807, 2.05) is 0 Å². The molecular formula is C16H16FN5O2. The van der Waals surface area contributed by atoms with Crippen LogP contribution < -0.4 is 5.32 Å². The fraction of sp³-hybridized carbons (Fsp3) is 0.188. The zero-order chi connectivity index (χ0) is 17.3. The average Bonchev–Trinajstić information content (AvgIpc) is 3.14. The molecule has 0 saturated heterocycles. The van der Waals surface area contributed by atoms with Crippen molar-refractivity contribution in [1.29, 1.82) is 0 Å². The van der Waals surface area contributed by atoms with Crippen molar-refractivity contribution in [2.45, 2.75) is 13.0 Å². The molecule has 1 amide bonds. The summed E-state index contributed by atoms with van der Waals surface area (Å²) in [7, 11) is 1.78. The predicted octanol–water partition coefficient (Wildman–Crippen LogP) is 1.94. The molecule has 0 aliphatic carbocycles. The second-order valence-electron chi connectivity index (χ2n) is 5.40. The highest BCUT2D eigenvalue weighted by Crippen LogP contribution is 2.21. The minimum atomic E-state index is -0.557. The Morgan fingerprint density at radius 3 is 2.75 bits per heavy atom. The fourth-order valence-corrected chi connectivity index (χ4v) is 2.30. The van der Waals surface area contributed by atoms with Gasteiger partial charge in [-0.3, -0.25) is 9.48 Å². The van der Waals surface area contributed by atoms with Crippen LogP contribution in [-0.2, 0) is 7.05 Å². The van der Waals surface area contributed by atoms with Gasteiger partial charge in [0, 0.05) is 18.8 Å². The molecule has 2 heterocycles. The zero-order valence-electron chi connectivity index (χ0n) is 13.1. The molecule has 1 aromatic carbocycles. The molecule has 2 N–H and O–H groups in total. The first kappa shape index (κ1) is 15.7. The molecular weight excluding hydrogens is 313 g/mol. The lowest BCUT2D eigenvalue weighted by atomic mass is 10.2. The third-order valence-electron chi connectivity index (χ3n) is 3.58. The second-order valence-corrected chi connectivity index (χ2v) is 5.40. The maximum atomic E-state index is 13.8. The number of para-hydroxylation sites is 1. The van der Waals surface area contributed by atoms with E-state index < -0.39 is 11.7 Å². The van der Waals surface area contributed by atoms with Gasteiger partial charge in [0.2, 0.25) is 0 Å². The van der Waals surface area contributed by atoms with Crippen LogP contribution in [0.4, 0.5) is 4.39 Å². The number of nitrogens with one attached hydrogen (secondary N) is 1. The van der Waals surface area contributed by atoms with E-state index in [1.165, 1.54) is 18.3 Å². The summed E-state index contributed by atoms with van der Waals surface area (Å²) in [4.78, 5) is 12.3. The van der Waals surface area contributed by atoms with E-state index >= 15 is 0 Å².